The van der Waals surface area contributed by atoms with E-state index in [9.17, 15) is 15.0 Å². The maximum absolute atomic E-state index is 12.5. The van der Waals surface area contributed by atoms with Gasteiger partial charge in [-0.1, -0.05) is 283 Å². The van der Waals surface area contributed by atoms with Crippen molar-refractivity contribution < 1.29 is 15.0 Å². The molecule has 394 valence electrons. The summed E-state index contributed by atoms with van der Waals surface area (Å²) in [5.74, 6) is -0.0857. The molecule has 0 aromatic carbocycles. The number of aliphatic hydroxyl groups is 2. The van der Waals surface area contributed by atoms with E-state index in [1.807, 2.05) is 6.08 Å². The molecule has 0 saturated heterocycles. The van der Waals surface area contributed by atoms with Crippen molar-refractivity contribution in [1.82, 2.24) is 5.32 Å². The first-order chi connectivity index (χ1) is 34.2. The van der Waals surface area contributed by atoms with Crippen molar-refractivity contribution in [1.29, 1.82) is 0 Å². The van der Waals surface area contributed by atoms with Gasteiger partial charge in [0.05, 0.1) is 18.8 Å². The summed E-state index contributed by atoms with van der Waals surface area (Å²) < 4.78 is 0. The maximum Gasteiger partial charge on any atom is 0.220 e. The molecule has 0 aromatic rings. The summed E-state index contributed by atoms with van der Waals surface area (Å²) in [5, 5.41) is 23.2. The van der Waals surface area contributed by atoms with E-state index in [1.165, 1.54) is 148 Å². The molecule has 0 aliphatic rings. The Kier molecular flexibility index (Phi) is 56.4. The SMILES string of the molecule is CC/C=C\C/C=C\C/C=C\C/C=C\C/C=C\C/C=C\C/C=C\C/C=C\CCCCCCCCCCC(=O)NC(CO)C(O)/C=C/CC/C=C/CCCCCCCCCCCCCCCCCCCC. The third-order valence-electron chi connectivity index (χ3n) is 12.7. The number of unbranched alkanes of at least 4 members (excludes halogenated alkanes) is 27. The van der Waals surface area contributed by atoms with Gasteiger partial charge in [0.2, 0.25) is 5.91 Å². The predicted molar refractivity (Wildman–Crippen MR) is 308 cm³/mol. The first kappa shape index (κ1) is 65.8. The third kappa shape index (κ3) is 55.6. The zero-order valence-corrected chi connectivity index (χ0v) is 45.3. The van der Waals surface area contributed by atoms with Crippen LogP contribution in [0.1, 0.15) is 264 Å². The van der Waals surface area contributed by atoms with Gasteiger partial charge in [-0.05, 0) is 96.3 Å². The minimum Gasteiger partial charge on any atom is -0.394 e. The van der Waals surface area contributed by atoms with Crippen LogP contribution in [0.2, 0.25) is 0 Å². The second-order valence-electron chi connectivity index (χ2n) is 19.3. The molecule has 0 aliphatic carbocycles. The molecule has 0 heterocycles. The number of hydrogen-bond acceptors (Lipinski definition) is 3. The molecule has 1 amide bonds. The second kappa shape index (κ2) is 59.1. The van der Waals surface area contributed by atoms with Crippen LogP contribution in [-0.2, 0) is 4.79 Å². The summed E-state index contributed by atoms with van der Waals surface area (Å²) in [5.41, 5.74) is 0. The Bertz CT molecular complexity index is 1360. The fourth-order valence-corrected chi connectivity index (χ4v) is 8.27. The van der Waals surface area contributed by atoms with E-state index in [0.29, 0.717) is 6.42 Å². The molecule has 0 fully saturated rings. The number of allylic oxidation sites excluding steroid dienone is 19. The van der Waals surface area contributed by atoms with Crippen LogP contribution in [0.15, 0.2) is 122 Å². The third-order valence-corrected chi connectivity index (χ3v) is 12.7. The quantitative estimate of drug-likeness (QED) is 0.0420. The Labute approximate surface area is 428 Å². The van der Waals surface area contributed by atoms with E-state index in [0.717, 1.165) is 96.3 Å². The molecule has 0 bridgehead atoms. The Morgan fingerprint density at radius 1 is 0.362 bits per heavy atom. The van der Waals surface area contributed by atoms with Crippen molar-refractivity contribution in [2.45, 2.75) is 276 Å². The minimum absolute atomic E-state index is 0.0857. The van der Waals surface area contributed by atoms with Gasteiger partial charge < -0.3 is 15.5 Å². The smallest absolute Gasteiger partial charge is 0.220 e. The molecule has 0 rings (SSSR count). The van der Waals surface area contributed by atoms with Crippen LogP contribution in [-0.4, -0.2) is 34.9 Å². The number of nitrogens with one attached hydrogen (secondary N) is 1. The fourth-order valence-electron chi connectivity index (χ4n) is 8.27. The molecule has 4 heteroatoms. The highest BCUT2D eigenvalue weighted by atomic mass is 16.3. The summed E-state index contributed by atoms with van der Waals surface area (Å²) >= 11 is 0. The Morgan fingerprint density at radius 2 is 0.652 bits per heavy atom. The first-order valence-corrected chi connectivity index (χ1v) is 29.2. The Hall–Kier alpha value is -3.21. The number of amides is 1. The van der Waals surface area contributed by atoms with Crippen LogP contribution in [0.4, 0.5) is 0 Å². The normalized spacial score (nSPS) is 13.7. The molecule has 0 spiro atoms. The first-order valence-electron chi connectivity index (χ1n) is 29.2. The van der Waals surface area contributed by atoms with E-state index in [4.69, 9.17) is 0 Å². The van der Waals surface area contributed by atoms with Crippen LogP contribution in [0.5, 0.6) is 0 Å². The van der Waals surface area contributed by atoms with Crippen molar-refractivity contribution in [2.24, 2.45) is 0 Å². The molecule has 0 saturated carbocycles. The maximum atomic E-state index is 12.5. The summed E-state index contributed by atoms with van der Waals surface area (Å²) in [6.07, 6.45) is 90.7. The number of aliphatic hydroxyl groups excluding tert-OH is 2. The molecule has 3 N–H and O–H groups in total. The lowest BCUT2D eigenvalue weighted by Crippen LogP contribution is -2.45. The molecule has 0 aliphatic heterocycles. The molecular weight excluding hydrogens is 843 g/mol. The Morgan fingerprint density at radius 3 is 1.01 bits per heavy atom. The van der Waals surface area contributed by atoms with Gasteiger partial charge in [0, 0.05) is 6.42 Å². The molecule has 2 unspecified atom stereocenters. The van der Waals surface area contributed by atoms with Crippen LogP contribution >= 0.6 is 0 Å². The summed E-state index contributed by atoms with van der Waals surface area (Å²) in [4.78, 5) is 12.5. The average molecular weight is 955 g/mol. The Balaban J connectivity index is 3.63. The highest BCUT2D eigenvalue weighted by molar-refractivity contribution is 5.76. The van der Waals surface area contributed by atoms with Gasteiger partial charge in [0.15, 0.2) is 0 Å². The highest BCUT2D eigenvalue weighted by Gasteiger charge is 2.18. The lowest BCUT2D eigenvalue weighted by Gasteiger charge is -2.19. The number of rotatable bonds is 52. The lowest BCUT2D eigenvalue weighted by atomic mass is 10.0. The van der Waals surface area contributed by atoms with Gasteiger partial charge in [0.1, 0.15) is 0 Å². The molecule has 2 atom stereocenters. The standard InChI is InChI=1S/C65H111NO3/c1-3-5-7-9-11-13-15-17-19-21-23-25-27-29-30-31-32-33-34-35-36-37-39-41-43-45-47-49-51-53-55-57-59-61-65(69)66-63(62-67)64(68)60-58-56-54-52-50-48-46-44-42-40-38-28-26-24-22-20-18-16-14-12-10-8-6-4-2/h5,7,11,13,17,19,23,25,29-30,32-33,35-36,39,41,50,52,58,60,63-64,67-68H,3-4,6,8-10,12,14-16,18,20-22,24,26-28,31,34,37-38,40,42-49,51,53-57,59,61-62H2,1-2H3,(H,66,69)/b7-5-,13-11-,19-17-,25-23-,30-29-,33-32-,36-35-,41-39-,52-50+,60-58+. The van der Waals surface area contributed by atoms with E-state index < -0.39 is 12.1 Å². The number of carbonyl (C=O) groups excluding carboxylic acids is 1. The van der Waals surface area contributed by atoms with Crippen molar-refractivity contribution in [3.63, 3.8) is 0 Å². The zero-order chi connectivity index (χ0) is 49.9. The van der Waals surface area contributed by atoms with Crippen molar-refractivity contribution in [3.8, 4) is 0 Å². The van der Waals surface area contributed by atoms with Gasteiger partial charge in [-0.25, -0.2) is 0 Å². The molecule has 0 aromatic heterocycles. The van der Waals surface area contributed by atoms with Crippen LogP contribution in [0, 0.1) is 0 Å². The topological polar surface area (TPSA) is 69.6 Å². The summed E-state index contributed by atoms with van der Waals surface area (Å²) in [6, 6.07) is -0.654. The van der Waals surface area contributed by atoms with Gasteiger partial charge in [0.25, 0.3) is 0 Å². The monoisotopic (exact) mass is 954 g/mol. The van der Waals surface area contributed by atoms with Crippen molar-refractivity contribution in [2.75, 3.05) is 6.61 Å². The molecular formula is C65H111NO3. The number of hydrogen-bond donors (Lipinski definition) is 3. The highest BCUT2D eigenvalue weighted by Crippen LogP contribution is 2.16. The van der Waals surface area contributed by atoms with Crippen LogP contribution in [0.3, 0.4) is 0 Å². The fraction of sp³-hybridized carbons (Fsp3) is 0.677. The second-order valence-corrected chi connectivity index (χ2v) is 19.3. The number of carbonyl (C=O) groups is 1. The van der Waals surface area contributed by atoms with E-state index in [2.05, 4.69) is 129 Å². The van der Waals surface area contributed by atoms with E-state index in [-0.39, 0.29) is 12.5 Å². The van der Waals surface area contributed by atoms with Crippen LogP contribution < -0.4 is 5.32 Å². The van der Waals surface area contributed by atoms with Gasteiger partial charge in [-0.3, -0.25) is 4.79 Å². The van der Waals surface area contributed by atoms with Crippen LogP contribution in [0.25, 0.3) is 0 Å². The minimum atomic E-state index is -0.875. The zero-order valence-electron chi connectivity index (χ0n) is 45.3. The summed E-state index contributed by atoms with van der Waals surface area (Å²) in [7, 11) is 0. The molecule has 4 nitrogen and oxygen atoms in total. The lowest BCUT2D eigenvalue weighted by molar-refractivity contribution is -0.123. The van der Waals surface area contributed by atoms with Gasteiger partial charge in [-0.15, -0.1) is 0 Å². The molecule has 0 radical (unpaired) electrons. The van der Waals surface area contributed by atoms with E-state index in [1.54, 1.807) is 6.08 Å². The predicted octanol–water partition coefficient (Wildman–Crippen LogP) is 19.6. The van der Waals surface area contributed by atoms with Gasteiger partial charge >= 0.3 is 0 Å². The summed E-state index contributed by atoms with van der Waals surface area (Å²) in [6.45, 7) is 4.19. The van der Waals surface area contributed by atoms with E-state index >= 15 is 0 Å². The van der Waals surface area contributed by atoms with Gasteiger partial charge in [-0.2, -0.15) is 0 Å². The van der Waals surface area contributed by atoms with Crippen molar-refractivity contribution in [3.05, 3.63) is 122 Å². The molecule has 69 heavy (non-hydrogen) atoms. The van der Waals surface area contributed by atoms with Crippen molar-refractivity contribution >= 4 is 5.91 Å². The average Bonchev–Trinajstić information content (AvgIpc) is 3.35. The largest absolute Gasteiger partial charge is 0.394 e.